The molecular formula is C25H21N3O3. The number of esters is 1. The van der Waals surface area contributed by atoms with E-state index < -0.39 is 0 Å². The lowest BCUT2D eigenvalue weighted by molar-refractivity contribution is 0.0600. The number of rotatable bonds is 5. The predicted octanol–water partition coefficient (Wildman–Crippen LogP) is 4.36. The average molecular weight is 411 g/mol. The molecule has 2 aromatic heterocycles. The minimum absolute atomic E-state index is 0.106. The van der Waals surface area contributed by atoms with Crippen LogP contribution in [0.5, 0.6) is 0 Å². The highest BCUT2D eigenvalue weighted by atomic mass is 16.5. The molecule has 0 fully saturated rings. The summed E-state index contributed by atoms with van der Waals surface area (Å²) in [6, 6.07) is 20.2. The number of fused-ring (bicyclic) bond motifs is 1. The van der Waals surface area contributed by atoms with Crippen LogP contribution in [-0.4, -0.2) is 40.9 Å². The maximum atomic E-state index is 13.4. The number of amides is 1. The molecule has 0 atom stereocenters. The van der Waals surface area contributed by atoms with Gasteiger partial charge in [-0.2, -0.15) is 0 Å². The van der Waals surface area contributed by atoms with E-state index in [1.807, 2.05) is 54.6 Å². The quantitative estimate of drug-likeness (QED) is 0.457. The van der Waals surface area contributed by atoms with Crippen molar-refractivity contribution in [1.82, 2.24) is 14.9 Å². The molecular weight excluding hydrogens is 390 g/mol. The van der Waals surface area contributed by atoms with Crippen molar-refractivity contribution in [2.75, 3.05) is 14.2 Å². The molecule has 6 heteroatoms. The average Bonchev–Trinajstić information content (AvgIpc) is 2.83. The normalized spacial score (nSPS) is 10.6. The van der Waals surface area contributed by atoms with Gasteiger partial charge < -0.3 is 9.64 Å². The Morgan fingerprint density at radius 3 is 2.39 bits per heavy atom. The van der Waals surface area contributed by atoms with E-state index in [1.165, 1.54) is 7.11 Å². The molecule has 2 aromatic carbocycles. The third-order valence-electron chi connectivity index (χ3n) is 5.06. The Bertz CT molecular complexity index is 1240. The summed E-state index contributed by atoms with van der Waals surface area (Å²) in [5, 5.41) is 0.804. The monoisotopic (exact) mass is 411 g/mol. The van der Waals surface area contributed by atoms with Crippen LogP contribution in [-0.2, 0) is 11.3 Å². The van der Waals surface area contributed by atoms with Crippen molar-refractivity contribution in [3.05, 3.63) is 95.8 Å². The van der Waals surface area contributed by atoms with Crippen LogP contribution < -0.4 is 0 Å². The zero-order chi connectivity index (χ0) is 21.8. The van der Waals surface area contributed by atoms with E-state index in [4.69, 9.17) is 9.72 Å². The molecule has 6 nitrogen and oxygen atoms in total. The summed E-state index contributed by atoms with van der Waals surface area (Å²) in [6.45, 7) is 0.404. The van der Waals surface area contributed by atoms with Crippen LogP contribution in [0.3, 0.4) is 0 Å². The molecule has 1 amide bonds. The summed E-state index contributed by atoms with van der Waals surface area (Å²) < 4.78 is 4.73. The lowest BCUT2D eigenvalue weighted by atomic mass is 10.0. The highest BCUT2D eigenvalue weighted by molar-refractivity contribution is 6.07. The molecule has 2 heterocycles. The molecule has 0 spiro atoms. The predicted molar refractivity (Wildman–Crippen MR) is 119 cm³/mol. The van der Waals surface area contributed by atoms with Gasteiger partial charge in [0.2, 0.25) is 0 Å². The molecule has 0 aliphatic heterocycles. The lowest BCUT2D eigenvalue weighted by Crippen LogP contribution is -2.26. The molecule has 31 heavy (non-hydrogen) atoms. The van der Waals surface area contributed by atoms with Crippen molar-refractivity contribution in [2.24, 2.45) is 0 Å². The molecule has 0 N–H and O–H groups in total. The van der Waals surface area contributed by atoms with E-state index in [0.717, 1.165) is 27.7 Å². The van der Waals surface area contributed by atoms with E-state index in [2.05, 4.69) is 4.98 Å². The number of pyridine rings is 2. The van der Waals surface area contributed by atoms with Gasteiger partial charge in [0.1, 0.15) is 0 Å². The van der Waals surface area contributed by atoms with Gasteiger partial charge in [-0.25, -0.2) is 9.78 Å². The fraction of sp³-hybridized carbons (Fsp3) is 0.120. The number of carbonyl (C=O) groups excluding carboxylic acids is 2. The van der Waals surface area contributed by atoms with Crippen LogP contribution >= 0.6 is 0 Å². The van der Waals surface area contributed by atoms with E-state index in [0.29, 0.717) is 17.7 Å². The zero-order valence-corrected chi connectivity index (χ0v) is 17.3. The highest BCUT2D eigenvalue weighted by Gasteiger charge is 2.18. The second kappa shape index (κ2) is 8.75. The van der Waals surface area contributed by atoms with Gasteiger partial charge in [-0.05, 0) is 42.0 Å². The minimum atomic E-state index is -0.386. The van der Waals surface area contributed by atoms with E-state index >= 15 is 0 Å². The fourth-order valence-corrected chi connectivity index (χ4v) is 3.44. The van der Waals surface area contributed by atoms with Crippen molar-refractivity contribution in [2.45, 2.75) is 6.54 Å². The van der Waals surface area contributed by atoms with E-state index in [-0.39, 0.29) is 11.9 Å². The maximum Gasteiger partial charge on any atom is 0.337 e. The minimum Gasteiger partial charge on any atom is -0.465 e. The summed E-state index contributed by atoms with van der Waals surface area (Å²) in [6.07, 6.45) is 3.41. The molecule has 4 rings (SSSR count). The molecule has 0 radical (unpaired) electrons. The van der Waals surface area contributed by atoms with Gasteiger partial charge in [0, 0.05) is 36.9 Å². The van der Waals surface area contributed by atoms with Crippen LogP contribution in [0, 0.1) is 0 Å². The number of ether oxygens (including phenoxy) is 1. The first kappa shape index (κ1) is 20.2. The Labute approximate surface area is 180 Å². The van der Waals surface area contributed by atoms with Crippen molar-refractivity contribution in [3.63, 3.8) is 0 Å². The molecule has 154 valence electrons. The van der Waals surface area contributed by atoms with E-state index in [1.54, 1.807) is 36.5 Å². The fourth-order valence-electron chi connectivity index (χ4n) is 3.44. The summed E-state index contributed by atoms with van der Waals surface area (Å²) in [7, 11) is 3.11. The Morgan fingerprint density at radius 1 is 0.968 bits per heavy atom. The molecule has 0 saturated heterocycles. The van der Waals surface area contributed by atoms with Crippen LogP contribution in [0.25, 0.3) is 22.2 Å². The number of hydrogen-bond donors (Lipinski definition) is 0. The molecule has 0 unspecified atom stereocenters. The first-order chi connectivity index (χ1) is 15.1. The van der Waals surface area contributed by atoms with Gasteiger partial charge in [0.15, 0.2) is 0 Å². The third kappa shape index (κ3) is 4.28. The summed E-state index contributed by atoms with van der Waals surface area (Å²) in [4.78, 5) is 35.4. The first-order valence-corrected chi connectivity index (χ1v) is 9.79. The lowest BCUT2D eigenvalue weighted by Gasteiger charge is -2.19. The van der Waals surface area contributed by atoms with Gasteiger partial charge in [-0.15, -0.1) is 0 Å². The van der Waals surface area contributed by atoms with Crippen molar-refractivity contribution >= 4 is 22.8 Å². The highest BCUT2D eigenvalue weighted by Crippen LogP contribution is 2.25. The molecule has 0 aliphatic carbocycles. The number of hydrogen-bond acceptors (Lipinski definition) is 5. The van der Waals surface area contributed by atoms with Gasteiger partial charge in [0.25, 0.3) is 5.91 Å². The maximum absolute atomic E-state index is 13.4. The number of nitrogens with zero attached hydrogens (tertiary/aromatic N) is 3. The largest absolute Gasteiger partial charge is 0.465 e. The third-order valence-corrected chi connectivity index (χ3v) is 5.06. The van der Waals surface area contributed by atoms with Crippen LogP contribution in [0.4, 0.5) is 0 Å². The first-order valence-electron chi connectivity index (χ1n) is 9.79. The number of aromatic nitrogens is 2. The zero-order valence-electron chi connectivity index (χ0n) is 17.3. The van der Waals surface area contributed by atoms with E-state index in [9.17, 15) is 9.59 Å². The standard InChI is InChI=1S/C25H21N3O3/c1-28(16-17-7-9-19(10-8-17)25(30)31-2)24(29)21-15-23(18-11-13-26-14-12-18)27-22-6-4-3-5-20(21)22/h3-15H,16H2,1-2H3. The second-order valence-corrected chi connectivity index (χ2v) is 7.16. The van der Waals surface area contributed by atoms with Crippen molar-refractivity contribution < 1.29 is 14.3 Å². The molecule has 0 aliphatic rings. The summed E-state index contributed by atoms with van der Waals surface area (Å²) in [5.74, 6) is -0.492. The number of para-hydroxylation sites is 1. The van der Waals surface area contributed by atoms with Crippen LogP contribution in [0.2, 0.25) is 0 Å². The number of methoxy groups -OCH3 is 1. The smallest absolute Gasteiger partial charge is 0.337 e. The van der Waals surface area contributed by atoms with Gasteiger partial charge in [-0.3, -0.25) is 9.78 Å². The second-order valence-electron chi connectivity index (χ2n) is 7.16. The Balaban J connectivity index is 1.65. The summed E-state index contributed by atoms with van der Waals surface area (Å²) in [5.41, 5.74) is 4.36. The van der Waals surface area contributed by atoms with Crippen LogP contribution in [0.15, 0.2) is 79.1 Å². The summed E-state index contributed by atoms with van der Waals surface area (Å²) >= 11 is 0. The molecule has 4 aromatic rings. The SMILES string of the molecule is COC(=O)c1ccc(CN(C)C(=O)c2cc(-c3ccncc3)nc3ccccc23)cc1. The van der Waals surface area contributed by atoms with Crippen LogP contribution in [0.1, 0.15) is 26.3 Å². The van der Waals surface area contributed by atoms with Gasteiger partial charge in [-0.1, -0.05) is 30.3 Å². The molecule has 0 bridgehead atoms. The Morgan fingerprint density at radius 2 is 1.68 bits per heavy atom. The number of benzene rings is 2. The number of carbonyl (C=O) groups is 2. The van der Waals surface area contributed by atoms with Crippen molar-refractivity contribution in [1.29, 1.82) is 0 Å². The van der Waals surface area contributed by atoms with Gasteiger partial charge in [0.05, 0.1) is 29.4 Å². The Hall–Kier alpha value is -4.06. The Kier molecular flexibility index (Phi) is 5.71. The van der Waals surface area contributed by atoms with Gasteiger partial charge >= 0.3 is 5.97 Å². The van der Waals surface area contributed by atoms with Crippen molar-refractivity contribution in [3.8, 4) is 11.3 Å². The molecule has 0 saturated carbocycles. The topological polar surface area (TPSA) is 72.4 Å².